The van der Waals surface area contributed by atoms with Gasteiger partial charge in [0.2, 0.25) is 0 Å². The largest absolute Gasteiger partial charge is 0.344 e. The highest BCUT2D eigenvalue weighted by Crippen LogP contribution is 2.21. The second kappa shape index (κ2) is 6.84. The van der Waals surface area contributed by atoms with Gasteiger partial charge in [-0.2, -0.15) is 5.10 Å². The van der Waals surface area contributed by atoms with Gasteiger partial charge in [-0.1, -0.05) is 12.1 Å². The molecule has 1 amide bonds. The number of carbonyl (C=O) groups is 1. The third-order valence-electron chi connectivity index (χ3n) is 4.04. The maximum atomic E-state index is 13.4. The number of hydrogen-bond acceptors (Lipinski definition) is 3. The highest BCUT2D eigenvalue weighted by molar-refractivity contribution is 5.92. The Morgan fingerprint density at radius 3 is 2.68 bits per heavy atom. The molecule has 2 aromatic heterocycles. The molecule has 0 saturated heterocycles. The summed E-state index contributed by atoms with van der Waals surface area (Å²) < 4.78 is 15.1. The van der Waals surface area contributed by atoms with E-state index in [1.165, 1.54) is 12.1 Å². The summed E-state index contributed by atoms with van der Waals surface area (Å²) in [5.41, 5.74) is 3.51. The second-order valence-corrected chi connectivity index (χ2v) is 5.94. The second-order valence-electron chi connectivity index (χ2n) is 5.94. The van der Waals surface area contributed by atoms with Gasteiger partial charge in [0, 0.05) is 17.0 Å². The van der Waals surface area contributed by atoms with Gasteiger partial charge in [0.15, 0.2) is 0 Å². The van der Waals surface area contributed by atoms with E-state index in [9.17, 15) is 9.18 Å². The van der Waals surface area contributed by atoms with Crippen LogP contribution in [-0.2, 0) is 0 Å². The van der Waals surface area contributed by atoms with Gasteiger partial charge in [0.05, 0.1) is 17.9 Å². The highest BCUT2D eigenvalue weighted by Gasteiger charge is 2.18. The molecule has 0 spiro atoms. The van der Waals surface area contributed by atoms with Crippen LogP contribution in [0.15, 0.2) is 48.7 Å². The SMILES string of the molecule is Cc1cccc(C(=O)NC(C)c2cnn(-c3cccc(F)c3)c2C)n1. The molecule has 0 radical (unpaired) electrons. The molecule has 0 aliphatic rings. The van der Waals surface area contributed by atoms with Gasteiger partial charge in [-0.3, -0.25) is 4.79 Å². The van der Waals surface area contributed by atoms with E-state index in [2.05, 4.69) is 15.4 Å². The van der Waals surface area contributed by atoms with Crippen molar-refractivity contribution in [2.24, 2.45) is 0 Å². The monoisotopic (exact) mass is 338 g/mol. The molecular weight excluding hydrogens is 319 g/mol. The number of aromatic nitrogens is 3. The zero-order valence-corrected chi connectivity index (χ0v) is 14.3. The summed E-state index contributed by atoms with van der Waals surface area (Å²) in [5, 5.41) is 7.25. The maximum Gasteiger partial charge on any atom is 0.270 e. The summed E-state index contributed by atoms with van der Waals surface area (Å²) in [4.78, 5) is 16.6. The molecular formula is C19H19FN4O. The van der Waals surface area contributed by atoms with E-state index in [-0.39, 0.29) is 17.8 Å². The van der Waals surface area contributed by atoms with Gasteiger partial charge in [-0.05, 0) is 51.1 Å². The molecule has 0 fully saturated rings. The van der Waals surface area contributed by atoms with Gasteiger partial charge in [0.1, 0.15) is 11.5 Å². The third-order valence-corrected chi connectivity index (χ3v) is 4.04. The molecule has 6 heteroatoms. The fraction of sp³-hybridized carbons (Fsp3) is 0.211. The Morgan fingerprint density at radius 2 is 1.96 bits per heavy atom. The van der Waals surface area contributed by atoms with Crippen LogP contribution in [0.1, 0.15) is 40.4 Å². The van der Waals surface area contributed by atoms with E-state index in [4.69, 9.17) is 0 Å². The Morgan fingerprint density at radius 1 is 1.20 bits per heavy atom. The van der Waals surface area contributed by atoms with Crippen LogP contribution in [0.4, 0.5) is 4.39 Å². The van der Waals surface area contributed by atoms with E-state index < -0.39 is 0 Å². The predicted molar refractivity (Wildman–Crippen MR) is 93.1 cm³/mol. The Labute approximate surface area is 145 Å². The molecule has 1 atom stereocenters. The minimum absolute atomic E-state index is 0.242. The molecule has 3 rings (SSSR count). The van der Waals surface area contributed by atoms with Crippen LogP contribution in [0, 0.1) is 19.7 Å². The third kappa shape index (κ3) is 3.57. The van der Waals surface area contributed by atoms with Crippen LogP contribution in [0.5, 0.6) is 0 Å². The van der Waals surface area contributed by atoms with Crippen molar-refractivity contribution in [2.75, 3.05) is 0 Å². The molecule has 1 unspecified atom stereocenters. The predicted octanol–water partition coefficient (Wildman–Crippen LogP) is 3.51. The van der Waals surface area contributed by atoms with Crippen LogP contribution in [-0.4, -0.2) is 20.7 Å². The number of benzene rings is 1. The van der Waals surface area contributed by atoms with Gasteiger partial charge >= 0.3 is 0 Å². The van der Waals surface area contributed by atoms with Crippen molar-refractivity contribution in [1.29, 1.82) is 0 Å². The summed E-state index contributed by atoms with van der Waals surface area (Å²) >= 11 is 0. The number of carbonyl (C=O) groups excluding carboxylic acids is 1. The number of pyridine rings is 1. The van der Waals surface area contributed by atoms with E-state index in [1.54, 1.807) is 35.1 Å². The smallest absolute Gasteiger partial charge is 0.270 e. The normalized spacial score (nSPS) is 12.0. The molecule has 5 nitrogen and oxygen atoms in total. The number of amides is 1. The Kier molecular flexibility index (Phi) is 4.61. The number of nitrogens with one attached hydrogen (secondary N) is 1. The van der Waals surface area contributed by atoms with Gasteiger partial charge in [0.25, 0.3) is 5.91 Å². The molecule has 2 heterocycles. The van der Waals surface area contributed by atoms with E-state index >= 15 is 0 Å². The first kappa shape index (κ1) is 16.8. The molecule has 25 heavy (non-hydrogen) atoms. The number of nitrogens with zero attached hydrogens (tertiary/aromatic N) is 3. The summed E-state index contributed by atoms with van der Waals surface area (Å²) in [6.07, 6.45) is 1.69. The zero-order chi connectivity index (χ0) is 18.0. The fourth-order valence-electron chi connectivity index (χ4n) is 2.73. The van der Waals surface area contributed by atoms with Crippen LogP contribution >= 0.6 is 0 Å². The highest BCUT2D eigenvalue weighted by atomic mass is 19.1. The Hall–Kier alpha value is -3.02. The minimum Gasteiger partial charge on any atom is -0.344 e. The average molecular weight is 338 g/mol. The summed E-state index contributed by atoms with van der Waals surface area (Å²) in [7, 11) is 0. The standard InChI is InChI=1S/C19H19FN4O/c1-12-6-4-9-18(22-12)19(25)23-13(2)17-11-21-24(14(17)3)16-8-5-7-15(20)10-16/h4-11,13H,1-3H3,(H,23,25). The van der Waals surface area contributed by atoms with Gasteiger partial charge in [-0.25, -0.2) is 14.1 Å². The van der Waals surface area contributed by atoms with Crippen LogP contribution in [0.3, 0.4) is 0 Å². The first-order chi connectivity index (χ1) is 12.0. The van der Waals surface area contributed by atoms with Crippen molar-refractivity contribution in [3.63, 3.8) is 0 Å². The summed E-state index contributed by atoms with van der Waals surface area (Å²) in [5.74, 6) is -0.560. The van der Waals surface area contributed by atoms with Crippen LogP contribution in [0.25, 0.3) is 5.69 Å². The van der Waals surface area contributed by atoms with Crippen molar-refractivity contribution in [1.82, 2.24) is 20.1 Å². The minimum atomic E-state index is -0.319. The van der Waals surface area contributed by atoms with Crippen molar-refractivity contribution in [3.8, 4) is 5.69 Å². The zero-order valence-electron chi connectivity index (χ0n) is 14.3. The van der Waals surface area contributed by atoms with Gasteiger partial charge in [-0.15, -0.1) is 0 Å². The molecule has 3 aromatic rings. The number of hydrogen-bond donors (Lipinski definition) is 1. The average Bonchev–Trinajstić information content (AvgIpc) is 2.96. The molecule has 0 aliphatic heterocycles. The van der Waals surface area contributed by atoms with Crippen molar-refractivity contribution < 1.29 is 9.18 Å². The number of aryl methyl sites for hydroxylation is 1. The quantitative estimate of drug-likeness (QED) is 0.792. The van der Waals surface area contributed by atoms with Crippen LogP contribution < -0.4 is 5.32 Å². The summed E-state index contributed by atoms with van der Waals surface area (Å²) in [6.45, 7) is 5.61. The van der Waals surface area contributed by atoms with Crippen molar-refractivity contribution >= 4 is 5.91 Å². The van der Waals surface area contributed by atoms with Crippen molar-refractivity contribution in [2.45, 2.75) is 26.8 Å². The number of halogens is 1. The molecule has 0 aliphatic carbocycles. The van der Waals surface area contributed by atoms with Gasteiger partial charge < -0.3 is 5.32 Å². The lowest BCUT2D eigenvalue weighted by Gasteiger charge is -2.14. The molecule has 0 bridgehead atoms. The van der Waals surface area contributed by atoms with Crippen LogP contribution in [0.2, 0.25) is 0 Å². The fourth-order valence-corrected chi connectivity index (χ4v) is 2.73. The first-order valence-electron chi connectivity index (χ1n) is 8.00. The van der Waals surface area contributed by atoms with E-state index in [0.29, 0.717) is 11.4 Å². The Bertz CT molecular complexity index is 919. The topological polar surface area (TPSA) is 59.8 Å². The van der Waals surface area contributed by atoms with E-state index in [0.717, 1.165) is 17.0 Å². The molecule has 128 valence electrons. The van der Waals surface area contributed by atoms with Crippen molar-refractivity contribution in [3.05, 3.63) is 77.1 Å². The summed E-state index contributed by atoms with van der Waals surface area (Å²) in [6, 6.07) is 11.3. The lowest BCUT2D eigenvalue weighted by atomic mass is 10.1. The van der Waals surface area contributed by atoms with E-state index in [1.807, 2.05) is 26.8 Å². The molecule has 1 N–H and O–H groups in total. The first-order valence-corrected chi connectivity index (χ1v) is 8.00. The molecule has 0 saturated carbocycles. The maximum absolute atomic E-state index is 13.4. The number of rotatable bonds is 4. The lowest BCUT2D eigenvalue weighted by molar-refractivity contribution is 0.0934. The lowest BCUT2D eigenvalue weighted by Crippen LogP contribution is -2.27. The Balaban J connectivity index is 1.81. The molecule has 1 aromatic carbocycles.